The van der Waals surface area contributed by atoms with Crippen LogP contribution in [0.25, 0.3) is 0 Å². The molecule has 0 heterocycles. The van der Waals surface area contributed by atoms with Crippen LogP contribution in [0.3, 0.4) is 0 Å². The highest BCUT2D eigenvalue weighted by atomic mass is 19.1. The van der Waals surface area contributed by atoms with Gasteiger partial charge in [-0.15, -0.1) is 0 Å². The van der Waals surface area contributed by atoms with Crippen LogP contribution in [0, 0.1) is 5.82 Å². The molecule has 2 nitrogen and oxygen atoms in total. The molecule has 0 saturated heterocycles. The topological polar surface area (TPSA) is 37.3 Å². The summed E-state index contributed by atoms with van der Waals surface area (Å²) in [4.78, 5) is 10.4. The van der Waals surface area contributed by atoms with Gasteiger partial charge >= 0.3 is 0 Å². The first kappa shape index (κ1) is 8.87. The highest BCUT2D eigenvalue weighted by molar-refractivity contribution is 5.77. The number of aliphatic hydroxyl groups is 1. The summed E-state index contributed by atoms with van der Waals surface area (Å²) in [6, 6.07) is 3.70. The molecule has 1 rings (SSSR count). The number of carbonyl (C=O) groups is 1. The first-order valence-corrected chi connectivity index (χ1v) is 3.58. The second-order valence-corrected chi connectivity index (χ2v) is 2.57. The molecule has 12 heavy (non-hydrogen) atoms. The zero-order valence-corrected chi connectivity index (χ0v) is 6.62. The van der Waals surface area contributed by atoms with Gasteiger partial charge in [-0.05, 0) is 30.7 Å². The molecule has 0 saturated carbocycles. The molecule has 1 atom stereocenters. The molecule has 1 aromatic carbocycles. The van der Waals surface area contributed by atoms with E-state index in [-0.39, 0.29) is 0 Å². The van der Waals surface area contributed by atoms with E-state index in [1.165, 1.54) is 19.1 Å². The average molecular weight is 168 g/mol. The Morgan fingerprint density at radius 3 is 2.75 bits per heavy atom. The molecule has 1 aromatic rings. The van der Waals surface area contributed by atoms with Gasteiger partial charge in [0.05, 0.1) is 6.10 Å². The Morgan fingerprint density at radius 2 is 2.25 bits per heavy atom. The van der Waals surface area contributed by atoms with Crippen LogP contribution < -0.4 is 0 Å². The summed E-state index contributed by atoms with van der Waals surface area (Å²) in [7, 11) is 0. The SMILES string of the molecule is CC(O)c1cc(F)ccc1C=O. The van der Waals surface area contributed by atoms with Crippen molar-refractivity contribution in [3.8, 4) is 0 Å². The van der Waals surface area contributed by atoms with E-state index in [1.807, 2.05) is 0 Å². The molecule has 0 aliphatic heterocycles. The van der Waals surface area contributed by atoms with Gasteiger partial charge in [-0.2, -0.15) is 0 Å². The normalized spacial score (nSPS) is 12.6. The molecule has 0 bridgehead atoms. The second-order valence-electron chi connectivity index (χ2n) is 2.57. The van der Waals surface area contributed by atoms with Crippen molar-refractivity contribution in [2.45, 2.75) is 13.0 Å². The molecule has 0 amide bonds. The summed E-state index contributed by atoms with van der Waals surface area (Å²) >= 11 is 0. The predicted octanol–water partition coefficient (Wildman–Crippen LogP) is 1.69. The third-order valence-corrected chi connectivity index (χ3v) is 1.63. The fourth-order valence-corrected chi connectivity index (χ4v) is 1.01. The highest BCUT2D eigenvalue weighted by Gasteiger charge is 2.07. The summed E-state index contributed by atoms with van der Waals surface area (Å²) in [5, 5.41) is 9.13. The number of aldehydes is 1. The van der Waals surface area contributed by atoms with Gasteiger partial charge in [-0.25, -0.2) is 4.39 Å². The lowest BCUT2D eigenvalue weighted by Gasteiger charge is -2.06. The van der Waals surface area contributed by atoms with Crippen LogP contribution >= 0.6 is 0 Å². The van der Waals surface area contributed by atoms with Crippen LogP contribution in [0.15, 0.2) is 18.2 Å². The summed E-state index contributed by atoms with van der Waals surface area (Å²) in [5.41, 5.74) is 0.649. The van der Waals surface area contributed by atoms with Crippen molar-refractivity contribution >= 4 is 6.29 Å². The van der Waals surface area contributed by atoms with Crippen LogP contribution in [0.5, 0.6) is 0 Å². The third kappa shape index (κ3) is 1.68. The smallest absolute Gasteiger partial charge is 0.150 e. The van der Waals surface area contributed by atoms with Gasteiger partial charge in [0.15, 0.2) is 0 Å². The lowest BCUT2D eigenvalue weighted by Crippen LogP contribution is -1.98. The van der Waals surface area contributed by atoms with E-state index in [4.69, 9.17) is 5.11 Å². The van der Waals surface area contributed by atoms with E-state index < -0.39 is 11.9 Å². The third-order valence-electron chi connectivity index (χ3n) is 1.63. The molecule has 1 N–H and O–H groups in total. The molecule has 0 aliphatic carbocycles. The van der Waals surface area contributed by atoms with Crippen LogP contribution in [0.2, 0.25) is 0 Å². The number of carbonyl (C=O) groups excluding carboxylic acids is 1. The van der Waals surface area contributed by atoms with Crippen molar-refractivity contribution in [2.75, 3.05) is 0 Å². The van der Waals surface area contributed by atoms with Gasteiger partial charge in [0, 0.05) is 5.56 Å². The van der Waals surface area contributed by atoms with E-state index in [2.05, 4.69) is 0 Å². The van der Waals surface area contributed by atoms with Crippen LogP contribution in [0.4, 0.5) is 4.39 Å². The quantitative estimate of drug-likeness (QED) is 0.682. The van der Waals surface area contributed by atoms with Crippen LogP contribution in [-0.4, -0.2) is 11.4 Å². The molecule has 1 unspecified atom stereocenters. The highest BCUT2D eigenvalue weighted by Crippen LogP contribution is 2.17. The van der Waals surface area contributed by atoms with Gasteiger partial charge in [0.2, 0.25) is 0 Å². The predicted molar refractivity (Wildman–Crippen MR) is 42.4 cm³/mol. The Morgan fingerprint density at radius 1 is 1.58 bits per heavy atom. The minimum absolute atomic E-state index is 0.324. The molecular formula is C9H9FO2. The second kappa shape index (κ2) is 3.45. The maximum Gasteiger partial charge on any atom is 0.150 e. The minimum atomic E-state index is -0.819. The van der Waals surface area contributed by atoms with Crippen molar-refractivity contribution in [3.05, 3.63) is 35.1 Å². The molecule has 64 valence electrons. The fourth-order valence-electron chi connectivity index (χ4n) is 1.01. The molecule has 0 radical (unpaired) electrons. The van der Waals surface area contributed by atoms with E-state index in [1.54, 1.807) is 0 Å². The number of hydrogen-bond donors (Lipinski definition) is 1. The van der Waals surface area contributed by atoms with Crippen molar-refractivity contribution in [3.63, 3.8) is 0 Å². The Labute approximate surface area is 69.6 Å². The van der Waals surface area contributed by atoms with Gasteiger partial charge in [0.25, 0.3) is 0 Å². The van der Waals surface area contributed by atoms with E-state index >= 15 is 0 Å². The number of aliphatic hydroxyl groups excluding tert-OH is 1. The molecule has 0 spiro atoms. The van der Waals surface area contributed by atoms with Crippen molar-refractivity contribution in [1.82, 2.24) is 0 Å². The number of rotatable bonds is 2. The number of halogens is 1. The molecule has 0 fully saturated rings. The summed E-state index contributed by atoms with van der Waals surface area (Å²) in [6.45, 7) is 1.49. The van der Waals surface area contributed by atoms with Crippen molar-refractivity contribution < 1.29 is 14.3 Å². The monoisotopic (exact) mass is 168 g/mol. The van der Waals surface area contributed by atoms with Gasteiger partial charge < -0.3 is 5.11 Å². The molecule has 0 aliphatic rings. The first-order valence-electron chi connectivity index (χ1n) is 3.58. The Hall–Kier alpha value is -1.22. The maximum atomic E-state index is 12.6. The summed E-state index contributed by atoms with van der Waals surface area (Å²) in [6.07, 6.45) is -0.220. The zero-order valence-electron chi connectivity index (χ0n) is 6.62. The van der Waals surface area contributed by atoms with Gasteiger partial charge in [-0.3, -0.25) is 4.79 Å². The van der Waals surface area contributed by atoms with E-state index in [0.29, 0.717) is 17.4 Å². The van der Waals surface area contributed by atoms with E-state index in [0.717, 1.165) is 6.07 Å². The van der Waals surface area contributed by atoms with Gasteiger partial charge in [-0.1, -0.05) is 0 Å². The number of hydrogen-bond acceptors (Lipinski definition) is 2. The molecular weight excluding hydrogens is 159 g/mol. The van der Waals surface area contributed by atoms with Crippen molar-refractivity contribution in [2.24, 2.45) is 0 Å². The summed E-state index contributed by atoms with van der Waals surface area (Å²) < 4.78 is 12.6. The van der Waals surface area contributed by atoms with Crippen LogP contribution in [0.1, 0.15) is 28.9 Å². The standard InChI is InChI=1S/C9H9FO2/c1-6(12)9-4-8(10)3-2-7(9)5-11/h2-6,12H,1H3. The average Bonchev–Trinajstić information content (AvgIpc) is 2.04. The van der Waals surface area contributed by atoms with Crippen molar-refractivity contribution in [1.29, 1.82) is 0 Å². The number of benzene rings is 1. The fraction of sp³-hybridized carbons (Fsp3) is 0.222. The Kier molecular flexibility index (Phi) is 2.55. The molecule has 0 aromatic heterocycles. The van der Waals surface area contributed by atoms with Crippen LogP contribution in [-0.2, 0) is 0 Å². The largest absolute Gasteiger partial charge is 0.389 e. The Bertz CT molecular complexity index is 295. The lowest BCUT2D eigenvalue weighted by atomic mass is 10.0. The Balaban J connectivity index is 3.21. The van der Waals surface area contributed by atoms with E-state index in [9.17, 15) is 9.18 Å². The molecule has 3 heteroatoms. The van der Waals surface area contributed by atoms with Gasteiger partial charge in [0.1, 0.15) is 12.1 Å². The summed E-state index contributed by atoms with van der Waals surface area (Å²) in [5.74, 6) is -0.448. The zero-order chi connectivity index (χ0) is 9.14. The maximum absolute atomic E-state index is 12.6. The first-order chi connectivity index (χ1) is 5.65. The lowest BCUT2D eigenvalue weighted by molar-refractivity contribution is 0.111. The minimum Gasteiger partial charge on any atom is -0.389 e.